The minimum Gasteiger partial charge on any atom is -0.444 e. The van der Waals surface area contributed by atoms with Crippen molar-refractivity contribution in [2.24, 2.45) is 0 Å². The molecule has 3 aliphatic rings. The third-order valence-electron chi connectivity index (χ3n) is 10.8. The molecule has 0 spiro atoms. The number of piperazine rings is 2. The van der Waals surface area contributed by atoms with Crippen molar-refractivity contribution >= 4 is 52.1 Å². The molecule has 3 saturated heterocycles. The normalized spacial score (nSPS) is 19.9. The predicted molar refractivity (Wildman–Crippen MR) is 242 cm³/mol. The van der Waals surface area contributed by atoms with Gasteiger partial charge in [0.25, 0.3) is 0 Å². The monoisotopic (exact) mass is 926 g/mol. The summed E-state index contributed by atoms with van der Waals surface area (Å²) in [6.07, 6.45) is 6.33. The highest BCUT2D eigenvalue weighted by molar-refractivity contribution is 9.10. The summed E-state index contributed by atoms with van der Waals surface area (Å²) >= 11 is 3.32. The molecule has 0 aliphatic carbocycles. The van der Waals surface area contributed by atoms with Crippen LogP contribution in [0.15, 0.2) is 65.7 Å². The van der Waals surface area contributed by atoms with Gasteiger partial charge in [0.2, 0.25) is 0 Å². The van der Waals surface area contributed by atoms with Crippen molar-refractivity contribution in [1.29, 1.82) is 0 Å². The SMILES string of the molecule is CC1(C)OB(c2cn[nH]c2)OC1(C)C.C[C@H]1CN(C(=O)OC(C)(C)C)CCN1c1cc(F)cc(-c2cn[nH]c2)c1.C[C@H]1CN(C(=O)OC(C)(C)C)CCN1c1cc(F)cc(Br)c1. The lowest BCUT2D eigenvalue weighted by Gasteiger charge is -2.41. The number of hydrogen-bond acceptors (Lipinski definition) is 10. The molecule has 3 aliphatic heterocycles. The highest BCUT2D eigenvalue weighted by Crippen LogP contribution is 2.36. The Labute approximate surface area is 373 Å². The molecule has 0 radical (unpaired) electrons. The molecule has 7 rings (SSSR count). The second-order valence-electron chi connectivity index (χ2n) is 18.9. The van der Waals surface area contributed by atoms with Gasteiger partial charge < -0.3 is 38.4 Å². The van der Waals surface area contributed by atoms with Crippen LogP contribution in [0.5, 0.6) is 0 Å². The lowest BCUT2D eigenvalue weighted by atomic mass is 9.82. The van der Waals surface area contributed by atoms with E-state index in [0.29, 0.717) is 43.7 Å². The van der Waals surface area contributed by atoms with Crippen LogP contribution >= 0.6 is 15.9 Å². The molecule has 2 aromatic heterocycles. The number of aromatic nitrogens is 4. The fourth-order valence-corrected chi connectivity index (χ4v) is 7.51. The average Bonchev–Trinajstić information content (AvgIpc) is 3.92. The van der Waals surface area contributed by atoms with Crippen molar-refractivity contribution in [3.63, 3.8) is 0 Å². The number of anilines is 2. The van der Waals surface area contributed by atoms with Crippen LogP contribution in [0.3, 0.4) is 0 Å². The number of H-pyrrole nitrogens is 2. The van der Waals surface area contributed by atoms with Crippen LogP contribution in [0.1, 0.15) is 83.1 Å². The van der Waals surface area contributed by atoms with Gasteiger partial charge in [-0.3, -0.25) is 10.2 Å². The van der Waals surface area contributed by atoms with E-state index in [1.165, 1.54) is 24.3 Å². The largest absolute Gasteiger partial charge is 0.498 e. The fraction of sp³-hybridized carbons (Fsp3) is 0.545. The molecule has 0 saturated carbocycles. The Morgan fingerprint density at radius 1 is 0.710 bits per heavy atom. The number of halogens is 3. The van der Waals surface area contributed by atoms with E-state index in [2.05, 4.69) is 46.1 Å². The molecule has 4 aromatic rings. The smallest absolute Gasteiger partial charge is 0.444 e. The zero-order valence-corrected chi connectivity index (χ0v) is 39.6. The standard InChI is InChI=1S/C19H25FN4O2.C16H22BrFN2O2.C9H15BN2O2/c1-13-12-23(18(25)26-19(2,3)4)5-6-24(13)17-8-14(7-16(20)9-17)15-10-21-22-11-15;1-11-10-19(15(21)22-16(2,3)4)5-6-20(11)14-8-12(17)7-13(18)9-14;1-8(2)9(3,4)14-10(13-8)7-5-11-12-6-7/h7-11,13H,5-6,12H2,1-4H3,(H,21,22);7-9,11H,5-6,10H2,1-4H3;5-6H,1-4H3,(H,11,12)/t13-;11-;/m00./s1. The van der Waals surface area contributed by atoms with E-state index >= 15 is 0 Å². The number of carbonyl (C=O) groups is 2. The molecule has 2 N–H and O–H groups in total. The minimum atomic E-state index is -0.514. The van der Waals surface area contributed by atoms with Crippen molar-refractivity contribution in [3.05, 3.63) is 77.3 Å². The topological polar surface area (TPSA) is 141 Å². The molecule has 0 bridgehead atoms. The van der Waals surface area contributed by atoms with E-state index in [1.807, 2.05) is 95.2 Å². The van der Waals surface area contributed by atoms with Crippen molar-refractivity contribution in [3.8, 4) is 11.1 Å². The predicted octanol–water partition coefficient (Wildman–Crippen LogP) is 8.40. The third-order valence-corrected chi connectivity index (χ3v) is 11.3. The van der Waals surface area contributed by atoms with Crippen molar-refractivity contribution in [2.75, 3.05) is 49.1 Å². The van der Waals surface area contributed by atoms with Crippen LogP contribution in [-0.2, 0) is 18.8 Å². The maximum absolute atomic E-state index is 14.2. The van der Waals surface area contributed by atoms with Gasteiger partial charge in [0.15, 0.2) is 0 Å². The summed E-state index contributed by atoms with van der Waals surface area (Å²) in [6, 6.07) is 9.97. The highest BCUT2D eigenvalue weighted by Gasteiger charge is 2.52. The number of ether oxygens (including phenoxy) is 2. The molecule has 2 atom stereocenters. The van der Waals surface area contributed by atoms with Crippen LogP contribution in [0.2, 0.25) is 0 Å². The summed E-state index contributed by atoms with van der Waals surface area (Å²) in [5.74, 6) is -0.563. The lowest BCUT2D eigenvalue weighted by Crippen LogP contribution is -2.54. The van der Waals surface area contributed by atoms with Crippen LogP contribution in [0.4, 0.5) is 29.7 Å². The quantitative estimate of drug-likeness (QED) is 0.192. The zero-order chi connectivity index (χ0) is 45.8. The van der Waals surface area contributed by atoms with Gasteiger partial charge in [-0.2, -0.15) is 10.2 Å². The average molecular weight is 928 g/mol. The van der Waals surface area contributed by atoms with Crippen molar-refractivity contribution < 1.29 is 37.2 Å². The molecule has 0 unspecified atom stereocenters. The van der Waals surface area contributed by atoms with E-state index in [0.717, 1.165) is 28.0 Å². The van der Waals surface area contributed by atoms with Crippen LogP contribution in [0, 0.1) is 11.6 Å². The Kier molecular flexibility index (Phi) is 15.1. The van der Waals surface area contributed by atoms with Crippen LogP contribution in [-0.4, -0.2) is 123 Å². The third kappa shape index (κ3) is 12.9. The first-order valence-electron chi connectivity index (χ1n) is 20.9. The Morgan fingerprint density at radius 3 is 1.60 bits per heavy atom. The molecule has 5 heterocycles. The molecule has 338 valence electrons. The van der Waals surface area contributed by atoms with Crippen molar-refractivity contribution in [1.82, 2.24) is 30.2 Å². The van der Waals surface area contributed by atoms with Gasteiger partial charge in [-0.1, -0.05) is 15.9 Å². The Hall–Kier alpha value is -4.68. The Morgan fingerprint density at radius 2 is 1.18 bits per heavy atom. The van der Waals surface area contributed by atoms with Gasteiger partial charge >= 0.3 is 19.3 Å². The number of rotatable bonds is 4. The number of benzene rings is 2. The van der Waals surface area contributed by atoms with E-state index in [-0.39, 0.29) is 54.2 Å². The maximum atomic E-state index is 14.2. The molecule has 2 amide bonds. The number of hydrogen-bond donors (Lipinski definition) is 2. The van der Waals surface area contributed by atoms with Gasteiger partial charge in [-0.15, -0.1) is 0 Å². The van der Waals surface area contributed by atoms with Crippen LogP contribution < -0.4 is 15.3 Å². The fourth-order valence-electron chi connectivity index (χ4n) is 7.06. The van der Waals surface area contributed by atoms with E-state index in [1.54, 1.807) is 34.6 Å². The molecule has 3 fully saturated rings. The maximum Gasteiger partial charge on any atom is 0.498 e. The van der Waals surface area contributed by atoms with Gasteiger partial charge in [0.05, 0.1) is 17.4 Å². The van der Waals surface area contributed by atoms with Gasteiger partial charge in [-0.05, 0) is 125 Å². The number of nitrogens with one attached hydrogen (secondary N) is 2. The Balaban J connectivity index is 0.000000183. The summed E-state index contributed by atoms with van der Waals surface area (Å²) in [4.78, 5) is 32.1. The Bertz CT molecular complexity index is 2080. The zero-order valence-electron chi connectivity index (χ0n) is 38.0. The molecule has 18 heteroatoms. The lowest BCUT2D eigenvalue weighted by molar-refractivity contribution is 0.00578. The highest BCUT2D eigenvalue weighted by atomic mass is 79.9. The molecule has 14 nitrogen and oxygen atoms in total. The first-order chi connectivity index (χ1) is 28.8. The minimum absolute atomic E-state index is 0.0512. The summed E-state index contributed by atoms with van der Waals surface area (Å²) in [5, 5.41) is 13.3. The van der Waals surface area contributed by atoms with Gasteiger partial charge in [0, 0.05) is 96.8 Å². The molecular formula is C44H62BBrF2N8O6. The second kappa shape index (κ2) is 19.4. The summed E-state index contributed by atoms with van der Waals surface area (Å²) in [5.41, 5.74) is 2.60. The van der Waals surface area contributed by atoms with E-state index in [9.17, 15) is 18.4 Å². The molecule has 62 heavy (non-hydrogen) atoms. The first-order valence-corrected chi connectivity index (χ1v) is 21.7. The number of nitrogens with zero attached hydrogens (tertiary/aromatic N) is 6. The molecule has 2 aromatic carbocycles. The van der Waals surface area contributed by atoms with Gasteiger partial charge in [-0.25, -0.2) is 18.4 Å². The summed E-state index contributed by atoms with van der Waals surface area (Å²) < 4.78 is 50.9. The van der Waals surface area contributed by atoms with E-state index < -0.39 is 11.2 Å². The summed E-state index contributed by atoms with van der Waals surface area (Å²) in [6.45, 7) is 26.8. The molecular weight excluding hydrogens is 865 g/mol. The number of aromatic amines is 2. The number of amides is 2. The van der Waals surface area contributed by atoms with Gasteiger partial charge in [0.1, 0.15) is 22.8 Å². The second-order valence-corrected chi connectivity index (χ2v) is 19.8. The van der Waals surface area contributed by atoms with E-state index in [4.69, 9.17) is 18.8 Å². The van der Waals surface area contributed by atoms with Crippen LogP contribution in [0.25, 0.3) is 11.1 Å². The summed E-state index contributed by atoms with van der Waals surface area (Å²) in [7, 11) is -0.307. The first kappa shape index (κ1) is 48.4. The number of carbonyl (C=O) groups excluding carboxylic acids is 2. The van der Waals surface area contributed by atoms with Crippen molar-refractivity contribution in [2.45, 2.75) is 118 Å².